The second kappa shape index (κ2) is 7.17. The van der Waals surface area contributed by atoms with Crippen molar-refractivity contribution < 1.29 is 0 Å². The van der Waals surface area contributed by atoms with Crippen LogP contribution in [0.4, 0.5) is 0 Å². The molecule has 0 unspecified atom stereocenters. The van der Waals surface area contributed by atoms with Gasteiger partial charge >= 0.3 is 0 Å². The molecule has 1 aromatic rings. The minimum atomic E-state index is 0.767. The van der Waals surface area contributed by atoms with Crippen molar-refractivity contribution in [3.05, 3.63) is 35.9 Å². The Balaban J connectivity index is 1.57. The second-order valence-corrected chi connectivity index (χ2v) is 6.25. The first-order valence-corrected chi connectivity index (χ1v) is 7.66. The summed E-state index contributed by atoms with van der Waals surface area (Å²) in [5, 5.41) is 0. The van der Waals surface area contributed by atoms with Crippen LogP contribution in [0.2, 0.25) is 0 Å². The highest BCUT2D eigenvalue weighted by Crippen LogP contribution is 2.17. The van der Waals surface area contributed by atoms with Crippen molar-refractivity contribution in [2.45, 2.75) is 36.9 Å². The van der Waals surface area contributed by atoms with E-state index in [9.17, 15) is 0 Å². The molecule has 1 saturated heterocycles. The number of nitrogens with zero attached hydrogens (tertiary/aromatic N) is 1. The van der Waals surface area contributed by atoms with E-state index in [1.807, 2.05) is 0 Å². The van der Waals surface area contributed by atoms with Gasteiger partial charge in [-0.3, -0.25) is 0 Å². The number of alkyl halides is 1. The summed E-state index contributed by atoms with van der Waals surface area (Å²) in [6.07, 6.45) is 6.52. The highest BCUT2D eigenvalue weighted by atomic mass is 79.9. The molecule has 2 rings (SSSR count). The Morgan fingerprint density at radius 3 is 2.47 bits per heavy atom. The molecular weight excluding hydrogens is 274 g/mol. The fraction of sp³-hybridized carbons (Fsp3) is 0.600. The van der Waals surface area contributed by atoms with Crippen LogP contribution >= 0.6 is 15.9 Å². The number of likely N-dealkylation sites (tertiary alicyclic amines) is 1. The minimum absolute atomic E-state index is 0.767. The van der Waals surface area contributed by atoms with Crippen LogP contribution in [0.5, 0.6) is 0 Å². The SMILES string of the molecule is BrC1CCN(CCCCc2ccccc2)CC1. The molecule has 0 N–H and O–H groups in total. The van der Waals surface area contributed by atoms with Gasteiger partial charge in [0.15, 0.2) is 0 Å². The molecule has 0 aromatic heterocycles. The molecule has 1 aromatic carbocycles. The van der Waals surface area contributed by atoms with Gasteiger partial charge in [-0.25, -0.2) is 0 Å². The van der Waals surface area contributed by atoms with Crippen molar-refractivity contribution in [1.29, 1.82) is 0 Å². The van der Waals surface area contributed by atoms with Crippen LogP contribution in [0.1, 0.15) is 31.2 Å². The van der Waals surface area contributed by atoms with E-state index >= 15 is 0 Å². The maximum absolute atomic E-state index is 3.70. The predicted octanol–water partition coefficient (Wildman–Crippen LogP) is 3.87. The zero-order chi connectivity index (χ0) is 11.9. The number of hydrogen-bond donors (Lipinski definition) is 0. The number of piperidine rings is 1. The summed E-state index contributed by atoms with van der Waals surface area (Å²) in [5.74, 6) is 0. The third kappa shape index (κ3) is 4.81. The second-order valence-electron chi connectivity index (χ2n) is 4.96. The summed E-state index contributed by atoms with van der Waals surface area (Å²) in [4.78, 5) is 3.38. The Kier molecular flexibility index (Phi) is 5.53. The first-order chi connectivity index (χ1) is 8.34. The normalized spacial score (nSPS) is 18.4. The molecule has 0 aliphatic carbocycles. The molecule has 2 heteroatoms. The Morgan fingerprint density at radius 1 is 1.06 bits per heavy atom. The van der Waals surface area contributed by atoms with E-state index in [1.165, 1.54) is 57.3 Å². The molecule has 0 bridgehead atoms. The smallest absolute Gasteiger partial charge is 0.0170 e. The molecule has 0 spiro atoms. The summed E-state index contributed by atoms with van der Waals surface area (Å²) in [5.41, 5.74) is 1.48. The number of benzene rings is 1. The van der Waals surface area contributed by atoms with Gasteiger partial charge in [0.25, 0.3) is 0 Å². The molecule has 0 saturated carbocycles. The molecular formula is C15H22BrN. The van der Waals surface area contributed by atoms with Gasteiger partial charge in [-0.15, -0.1) is 0 Å². The summed E-state index contributed by atoms with van der Waals surface area (Å²) in [6, 6.07) is 10.8. The molecule has 1 fully saturated rings. The largest absolute Gasteiger partial charge is 0.303 e. The lowest BCUT2D eigenvalue weighted by atomic mass is 10.1. The molecule has 0 radical (unpaired) electrons. The number of rotatable bonds is 5. The molecule has 17 heavy (non-hydrogen) atoms. The average Bonchev–Trinajstić information content (AvgIpc) is 2.38. The molecule has 0 amide bonds. The molecule has 1 aliphatic heterocycles. The average molecular weight is 296 g/mol. The number of unbranched alkanes of at least 4 members (excludes halogenated alkanes) is 1. The summed E-state index contributed by atoms with van der Waals surface area (Å²) < 4.78 is 0. The zero-order valence-corrected chi connectivity index (χ0v) is 12.0. The van der Waals surface area contributed by atoms with Gasteiger partial charge in [0.05, 0.1) is 0 Å². The monoisotopic (exact) mass is 295 g/mol. The van der Waals surface area contributed by atoms with Crippen LogP contribution in [0.15, 0.2) is 30.3 Å². The summed E-state index contributed by atoms with van der Waals surface area (Å²) >= 11 is 3.70. The minimum Gasteiger partial charge on any atom is -0.303 e. The van der Waals surface area contributed by atoms with E-state index in [0.29, 0.717) is 0 Å². The maximum atomic E-state index is 3.70. The lowest BCUT2D eigenvalue weighted by molar-refractivity contribution is 0.230. The highest BCUT2D eigenvalue weighted by molar-refractivity contribution is 9.09. The first-order valence-electron chi connectivity index (χ1n) is 6.75. The summed E-state index contributed by atoms with van der Waals surface area (Å²) in [7, 11) is 0. The topological polar surface area (TPSA) is 3.24 Å². The predicted molar refractivity (Wildman–Crippen MR) is 77.8 cm³/mol. The van der Waals surface area contributed by atoms with Crippen molar-refractivity contribution in [1.82, 2.24) is 4.90 Å². The Hall–Kier alpha value is -0.340. The number of aryl methyl sites for hydroxylation is 1. The molecule has 1 heterocycles. The van der Waals surface area contributed by atoms with E-state index in [2.05, 4.69) is 51.2 Å². The maximum Gasteiger partial charge on any atom is 0.0170 e. The van der Waals surface area contributed by atoms with Crippen molar-refractivity contribution in [2.24, 2.45) is 0 Å². The van der Waals surface area contributed by atoms with Crippen molar-refractivity contribution >= 4 is 15.9 Å². The van der Waals surface area contributed by atoms with Crippen LogP contribution in [0.25, 0.3) is 0 Å². The Morgan fingerprint density at radius 2 is 1.76 bits per heavy atom. The van der Waals surface area contributed by atoms with E-state index < -0.39 is 0 Å². The van der Waals surface area contributed by atoms with Gasteiger partial charge in [0, 0.05) is 4.83 Å². The van der Waals surface area contributed by atoms with Gasteiger partial charge in [-0.2, -0.15) is 0 Å². The van der Waals surface area contributed by atoms with Crippen molar-refractivity contribution in [3.8, 4) is 0 Å². The standard InChI is InChI=1S/C15H22BrN/c16-15-9-12-17(13-10-15)11-5-4-8-14-6-2-1-3-7-14/h1-3,6-7,15H,4-5,8-13H2. The number of halogens is 1. The van der Waals surface area contributed by atoms with Crippen molar-refractivity contribution in [2.75, 3.05) is 19.6 Å². The Labute approximate surface area is 113 Å². The zero-order valence-electron chi connectivity index (χ0n) is 10.4. The van der Waals surface area contributed by atoms with Crippen LogP contribution in [0, 0.1) is 0 Å². The third-order valence-electron chi connectivity index (χ3n) is 3.55. The van der Waals surface area contributed by atoms with E-state index in [1.54, 1.807) is 0 Å². The van der Waals surface area contributed by atoms with E-state index in [0.717, 1.165) is 4.83 Å². The van der Waals surface area contributed by atoms with Gasteiger partial charge in [0.1, 0.15) is 0 Å². The van der Waals surface area contributed by atoms with Crippen LogP contribution in [-0.2, 0) is 6.42 Å². The van der Waals surface area contributed by atoms with E-state index in [-0.39, 0.29) is 0 Å². The first kappa shape index (κ1) is 13.1. The molecule has 1 aliphatic rings. The third-order valence-corrected chi connectivity index (χ3v) is 4.47. The van der Waals surface area contributed by atoms with Crippen molar-refractivity contribution in [3.63, 3.8) is 0 Å². The Bertz CT molecular complexity index is 304. The van der Waals surface area contributed by atoms with Gasteiger partial charge < -0.3 is 4.90 Å². The lowest BCUT2D eigenvalue weighted by Gasteiger charge is -2.29. The fourth-order valence-electron chi connectivity index (χ4n) is 2.43. The van der Waals surface area contributed by atoms with Gasteiger partial charge in [-0.05, 0) is 57.3 Å². The van der Waals surface area contributed by atoms with E-state index in [4.69, 9.17) is 0 Å². The lowest BCUT2D eigenvalue weighted by Crippen LogP contribution is -2.34. The van der Waals surface area contributed by atoms with Gasteiger partial charge in [0.2, 0.25) is 0 Å². The molecule has 94 valence electrons. The quantitative estimate of drug-likeness (QED) is 0.589. The molecule has 0 atom stereocenters. The van der Waals surface area contributed by atoms with Gasteiger partial charge in [-0.1, -0.05) is 46.3 Å². The van der Waals surface area contributed by atoms with Crippen LogP contribution < -0.4 is 0 Å². The van der Waals surface area contributed by atoms with Crippen LogP contribution in [0.3, 0.4) is 0 Å². The fourth-order valence-corrected chi connectivity index (χ4v) is 2.84. The molecule has 1 nitrogen and oxygen atoms in total. The summed E-state index contributed by atoms with van der Waals surface area (Å²) in [6.45, 7) is 3.84. The highest BCUT2D eigenvalue weighted by Gasteiger charge is 2.15. The van der Waals surface area contributed by atoms with Crippen LogP contribution in [-0.4, -0.2) is 29.4 Å². The number of hydrogen-bond acceptors (Lipinski definition) is 1.